The van der Waals surface area contributed by atoms with Crippen molar-refractivity contribution in [2.24, 2.45) is 23.7 Å². The molecule has 2 atom stereocenters. The van der Waals surface area contributed by atoms with Crippen LogP contribution in [0.4, 0.5) is 0 Å². The van der Waals surface area contributed by atoms with Crippen molar-refractivity contribution in [2.75, 3.05) is 0 Å². The first-order valence-corrected chi connectivity index (χ1v) is 19.9. The van der Waals surface area contributed by atoms with Gasteiger partial charge in [0.1, 0.15) is 0 Å². The Bertz CT molecular complexity index is 941. The highest BCUT2D eigenvalue weighted by Gasteiger charge is 2.21. The fraction of sp³-hybridized carbons (Fsp3) is 0.727. The minimum atomic E-state index is 0.0534. The van der Waals surface area contributed by atoms with E-state index in [4.69, 9.17) is 9.47 Å². The Hall–Kier alpha value is -1.64. The Balaban J connectivity index is 1.03. The molecule has 2 aromatic rings. The van der Waals surface area contributed by atoms with Crippen LogP contribution >= 0.6 is 0 Å². The van der Waals surface area contributed by atoms with Crippen molar-refractivity contribution >= 4 is 0 Å². The maximum atomic E-state index is 6.22. The molecule has 2 heteroatoms. The molecule has 0 N–H and O–H groups in total. The van der Waals surface area contributed by atoms with Crippen molar-refractivity contribution in [2.45, 2.75) is 182 Å². The molecule has 2 aliphatic carbocycles. The highest BCUT2D eigenvalue weighted by Crippen LogP contribution is 2.35. The Kier molecular flexibility index (Phi) is 17.3. The van der Waals surface area contributed by atoms with Crippen LogP contribution in [0.25, 0.3) is 0 Å². The predicted molar refractivity (Wildman–Crippen MR) is 197 cm³/mol. The van der Waals surface area contributed by atoms with Crippen LogP contribution in [0.2, 0.25) is 0 Å². The SMILES string of the molecule is CCC[C@H]1CC[C@H](CCCCc2ccc(CO[C@H](C)[C@@H](C)OCc3ccc(CCCC[C@H]4CC[C@H](CCC)CC4)cc3)cc2)CC1. The van der Waals surface area contributed by atoms with Gasteiger partial charge in [0.15, 0.2) is 0 Å². The summed E-state index contributed by atoms with van der Waals surface area (Å²) in [7, 11) is 0. The fourth-order valence-corrected chi connectivity index (χ4v) is 8.29. The monoisotopic (exact) mass is 631 g/mol. The van der Waals surface area contributed by atoms with Gasteiger partial charge in [-0.05, 0) is 85.5 Å². The van der Waals surface area contributed by atoms with Crippen LogP contribution in [0, 0.1) is 23.7 Å². The van der Waals surface area contributed by atoms with Gasteiger partial charge in [-0.25, -0.2) is 0 Å². The standard InChI is InChI=1S/C44H70O2/c1-5-11-37-17-21-39(22-18-37)13-7-9-15-41-25-29-43(30-26-41)33-45-35(3)36(4)46-34-44-31-27-42(28-32-44)16-10-8-14-40-23-19-38(12-6-2)20-24-40/h25-32,35-40H,5-24,33-34H2,1-4H3/t35-,36-,37-,38-,39-,40-/m1/s1. The summed E-state index contributed by atoms with van der Waals surface area (Å²) in [5.74, 6) is 4.05. The highest BCUT2D eigenvalue weighted by molar-refractivity contribution is 5.23. The molecule has 2 nitrogen and oxygen atoms in total. The molecule has 46 heavy (non-hydrogen) atoms. The number of hydrogen-bond acceptors (Lipinski definition) is 2. The second-order valence-corrected chi connectivity index (χ2v) is 15.5. The van der Waals surface area contributed by atoms with Gasteiger partial charge >= 0.3 is 0 Å². The van der Waals surface area contributed by atoms with Crippen molar-refractivity contribution in [3.8, 4) is 0 Å². The Morgan fingerprint density at radius 3 is 1.09 bits per heavy atom. The number of rotatable bonds is 21. The molecule has 0 spiro atoms. The summed E-state index contributed by atoms with van der Waals surface area (Å²) in [6.45, 7) is 10.2. The van der Waals surface area contributed by atoms with Gasteiger partial charge in [0.2, 0.25) is 0 Å². The molecule has 0 saturated heterocycles. The van der Waals surface area contributed by atoms with Gasteiger partial charge in [0, 0.05) is 0 Å². The van der Waals surface area contributed by atoms with Crippen LogP contribution in [0.15, 0.2) is 48.5 Å². The highest BCUT2D eigenvalue weighted by atomic mass is 16.5. The van der Waals surface area contributed by atoms with E-state index in [-0.39, 0.29) is 12.2 Å². The summed E-state index contributed by atoms with van der Waals surface area (Å²) in [5, 5.41) is 0. The van der Waals surface area contributed by atoms with E-state index in [0.29, 0.717) is 13.2 Å². The topological polar surface area (TPSA) is 18.5 Å². The fourth-order valence-electron chi connectivity index (χ4n) is 8.29. The minimum absolute atomic E-state index is 0.0534. The minimum Gasteiger partial charge on any atom is -0.371 e. The first-order valence-electron chi connectivity index (χ1n) is 19.9. The lowest BCUT2D eigenvalue weighted by molar-refractivity contribution is -0.0687. The van der Waals surface area contributed by atoms with Crippen LogP contribution in [0.1, 0.15) is 166 Å². The third kappa shape index (κ3) is 13.8. The average Bonchev–Trinajstić information content (AvgIpc) is 3.09. The molecule has 258 valence electrons. The number of ether oxygens (including phenoxy) is 2. The third-order valence-corrected chi connectivity index (χ3v) is 11.7. The van der Waals surface area contributed by atoms with Gasteiger partial charge in [-0.3, -0.25) is 0 Å². The van der Waals surface area contributed by atoms with Gasteiger partial charge in [0.25, 0.3) is 0 Å². The lowest BCUT2D eigenvalue weighted by Gasteiger charge is -2.28. The van der Waals surface area contributed by atoms with E-state index in [0.717, 1.165) is 23.7 Å². The van der Waals surface area contributed by atoms with E-state index >= 15 is 0 Å². The first-order chi connectivity index (χ1) is 22.5. The molecular weight excluding hydrogens is 560 g/mol. The summed E-state index contributed by atoms with van der Waals surface area (Å²) in [5.41, 5.74) is 5.43. The predicted octanol–water partition coefficient (Wildman–Crippen LogP) is 12.8. The maximum absolute atomic E-state index is 6.22. The van der Waals surface area contributed by atoms with Crippen LogP contribution < -0.4 is 0 Å². The van der Waals surface area contributed by atoms with Gasteiger partial charge in [-0.2, -0.15) is 0 Å². The van der Waals surface area contributed by atoms with Crippen molar-refractivity contribution in [1.82, 2.24) is 0 Å². The molecule has 2 saturated carbocycles. The molecule has 0 amide bonds. The normalized spacial score (nSPS) is 23.3. The third-order valence-electron chi connectivity index (χ3n) is 11.7. The largest absolute Gasteiger partial charge is 0.371 e. The molecule has 2 fully saturated rings. The van der Waals surface area contributed by atoms with E-state index < -0.39 is 0 Å². The number of unbranched alkanes of at least 4 members (excludes halogenated alkanes) is 2. The smallest absolute Gasteiger partial charge is 0.0810 e. The van der Waals surface area contributed by atoms with Gasteiger partial charge in [-0.1, -0.05) is 165 Å². The van der Waals surface area contributed by atoms with Crippen molar-refractivity contribution in [1.29, 1.82) is 0 Å². The van der Waals surface area contributed by atoms with Crippen LogP contribution in [-0.2, 0) is 35.5 Å². The van der Waals surface area contributed by atoms with Crippen molar-refractivity contribution in [3.05, 3.63) is 70.8 Å². The number of hydrogen-bond donors (Lipinski definition) is 0. The zero-order valence-corrected chi connectivity index (χ0v) is 30.5. The lowest BCUT2D eigenvalue weighted by atomic mass is 9.78. The van der Waals surface area contributed by atoms with Gasteiger partial charge in [-0.15, -0.1) is 0 Å². The van der Waals surface area contributed by atoms with E-state index in [1.807, 2.05) is 0 Å². The molecule has 2 aliphatic rings. The second-order valence-electron chi connectivity index (χ2n) is 15.5. The first kappa shape index (κ1) is 37.2. The quantitative estimate of drug-likeness (QED) is 0.128. The molecule has 2 aromatic carbocycles. The van der Waals surface area contributed by atoms with Gasteiger partial charge < -0.3 is 9.47 Å². The zero-order chi connectivity index (χ0) is 32.4. The Morgan fingerprint density at radius 2 is 0.761 bits per heavy atom. The molecule has 4 rings (SSSR count). The summed E-state index contributed by atoms with van der Waals surface area (Å²) < 4.78 is 12.4. The van der Waals surface area contributed by atoms with Crippen LogP contribution in [0.3, 0.4) is 0 Å². The van der Waals surface area contributed by atoms with E-state index in [9.17, 15) is 0 Å². The van der Waals surface area contributed by atoms with E-state index in [2.05, 4.69) is 76.2 Å². The maximum Gasteiger partial charge on any atom is 0.0810 e. The molecule has 0 bridgehead atoms. The Labute approximate surface area is 284 Å². The number of aryl methyl sites for hydroxylation is 2. The molecule has 0 aliphatic heterocycles. The van der Waals surface area contributed by atoms with E-state index in [1.165, 1.54) is 151 Å². The van der Waals surface area contributed by atoms with E-state index in [1.54, 1.807) is 0 Å². The number of benzene rings is 2. The summed E-state index contributed by atoms with van der Waals surface area (Å²) in [6, 6.07) is 18.2. The van der Waals surface area contributed by atoms with Crippen molar-refractivity contribution in [3.63, 3.8) is 0 Å². The molecule has 0 unspecified atom stereocenters. The molecular formula is C44H70O2. The summed E-state index contributed by atoms with van der Waals surface area (Å²) >= 11 is 0. The van der Waals surface area contributed by atoms with Crippen LogP contribution in [0.5, 0.6) is 0 Å². The summed E-state index contributed by atoms with van der Waals surface area (Å²) in [4.78, 5) is 0. The summed E-state index contributed by atoms with van der Waals surface area (Å²) in [6.07, 6.45) is 28.3. The molecule has 0 aromatic heterocycles. The average molecular weight is 631 g/mol. The van der Waals surface area contributed by atoms with Gasteiger partial charge in [0.05, 0.1) is 25.4 Å². The lowest BCUT2D eigenvalue weighted by Crippen LogP contribution is -2.26. The molecule has 0 heterocycles. The van der Waals surface area contributed by atoms with Crippen LogP contribution in [-0.4, -0.2) is 12.2 Å². The zero-order valence-electron chi connectivity index (χ0n) is 30.5. The second kappa shape index (κ2) is 21.4. The Morgan fingerprint density at radius 1 is 0.457 bits per heavy atom. The van der Waals surface area contributed by atoms with Crippen molar-refractivity contribution < 1.29 is 9.47 Å². The molecule has 0 radical (unpaired) electrons.